The Morgan fingerprint density at radius 1 is 1.03 bits per heavy atom. The van der Waals surface area contributed by atoms with Gasteiger partial charge in [-0.1, -0.05) is 31.4 Å². The van der Waals surface area contributed by atoms with E-state index in [1.807, 2.05) is 22.9 Å². The van der Waals surface area contributed by atoms with Crippen molar-refractivity contribution in [1.29, 1.82) is 0 Å². The standard InChI is InChI=1S/C26H34N2O5S2/c29-24(26(31,22-8-4-16-34-22)23-9-5-17-35-23)33-21-18-28(12-10-19(21)11-13-28)14-15-32-25(30)27-20-6-2-1-3-7-20/h4-5,8-9,16-17,19-21,31H,1-3,6-7,10-15,18H2/p+1/t19?,21-,28?/m0/s1. The summed E-state index contributed by atoms with van der Waals surface area (Å²) >= 11 is 2.71. The van der Waals surface area contributed by atoms with Crippen molar-refractivity contribution in [3.05, 3.63) is 44.8 Å². The lowest BCUT2D eigenvalue weighted by Crippen LogP contribution is -2.65. The van der Waals surface area contributed by atoms with Crippen molar-refractivity contribution < 1.29 is 28.7 Å². The zero-order chi connectivity index (χ0) is 24.3. The molecule has 2 N–H and O–H groups in total. The molecule has 1 amide bonds. The maximum Gasteiger partial charge on any atom is 0.407 e. The average Bonchev–Trinajstić information content (AvgIpc) is 3.60. The van der Waals surface area contributed by atoms with Gasteiger partial charge >= 0.3 is 12.1 Å². The molecule has 4 fully saturated rings. The fraction of sp³-hybridized carbons (Fsp3) is 0.615. The van der Waals surface area contributed by atoms with Gasteiger partial charge in [-0.3, -0.25) is 0 Å². The molecule has 6 rings (SSSR count). The number of carbonyl (C=O) groups is 2. The summed E-state index contributed by atoms with van der Waals surface area (Å²) in [5.74, 6) is -0.284. The Hall–Kier alpha value is -1.94. The summed E-state index contributed by atoms with van der Waals surface area (Å²) in [4.78, 5) is 26.9. The van der Waals surface area contributed by atoms with Gasteiger partial charge in [0, 0.05) is 24.8 Å². The van der Waals surface area contributed by atoms with Crippen molar-refractivity contribution in [3.8, 4) is 0 Å². The third-order valence-electron chi connectivity index (χ3n) is 8.08. The van der Waals surface area contributed by atoms with Gasteiger partial charge in [0.05, 0.1) is 22.8 Å². The highest BCUT2D eigenvalue weighted by atomic mass is 32.1. The number of nitrogens with one attached hydrogen (secondary N) is 1. The average molecular weight is 520 g/mol. The van der Waals surface area contributed by atoms with Crippen molar-refractivity contribution >= 4 is 34.7 Å². The highest BCUT2D eigenvalue weighted by molar-refractivity contribution is 7.12. The Labute approximate surface area is 214 Å². The molecular weight excluding hydrogens is 484 g/mol. The fourth-order valence-electron chi connectivity index (χ4n) is 5.97. The fourth-order valence-corrected chi connectivity index (χ4v) is 7.68. The van der Waals surface area contributed by atoms with E-state index in [1.165, 1.54) is 41.9 Å². The number of ether oxygens (including phenoxy) is 2. The van der Waals surface area contributed by atoms with Gasteiger partial charge < -0.3 is 24.4 Å². The van der Waals surface area contributed by atoms with Crippen molar-refractivity contribution in [2.24, 2.45) is 5.92 Å². The van der Waals surface area contributed by atoms with Crippen molar-refractivity contribution in [2.75, 3.05) is 32.8 Å². The van der Waals surface area contributed by atoms with E-state index in [2.05, 4.69) is 5.32 Å². The normalized spacial score (nSPS) is 26.9. The number of rotatable bonds is 8. The van der Waals surface area contributed by atoms with Crippen LogP contribution in [0.5, 0.6) is 0 Å². The molecule has 0 radical (unpaired) electrons. The van der Waals surface area contributed by atoms with Crippen LogP contribution in [0, 0.1) is 5.92 Å². The summed E-state index contributed by atoms with van der Waals surface area (Å²) in [7, 11) is 0. The van der Waals surface area contributed by atoms with E-state index in [9.17, 15) is 14.7 Å². The second kappa shape index (κ2) is 10.6. The van der Waals surface area contributed by atoms with Crippen molar-refractivity contribution in [1.82, 2.24) is 5.32 Å². The smallest absolute Gasteiger partial charge is 0.407 e. The molecule has 1 atom stereocenters. The first kappa shape index (κ1) is 24.7. The Balaban J connectivity index is 1.19. The zero-order valence-corrected chi connectivity index (χ0v) is 21.7. The van der Waals surface area contributed by atoms with Crippen LogP contribution in [-0.4, -0.2) is 66.6 Å². The lowest BCUT2D eigenvalue weighted by Gasteiger charge is -2.52. The molecule has 2 bridgehead atoms. The molecule has 0 spiro atoms. The topological polar surface area (TPSA) is 84.9 Å². The first-order valence-corrected chi connectivity index (χ1v) is 14.5. The predicted octanol–water partition coefficient (Wildman–Crippen LogP) is 4.26. The summed E-state index contributed by atoms with van der Waals surface area (Å²) in [6, 6.07) is 7.48. The lowest BCUT2D eigenvalue weighted by molar-refractivity contribution is -0.946. The van der Waals surface area contributed by atoms with Gasteiger partial charge in [0.15, 0.2) is 6.10 Å². The molecule has 5 heterocycles. The minimum atomic E-state index is -1.78. The molecule has 0 unspecified atom stereocenters. The van der Waals surface area contributed by atoms with Crippen LogP contribution in [0.3, 0.4) is 0 Å². The van der Waals surface area contributed by atoms with Gasteiger partial charge in [0.2, 0.25) is 5.60 Å². The predicted molar refractivity (Wildman–Crippen MR) is 135 cm³/mol. The highest BCUT2D eigenvalue weighted by Crippen LogP contribution is 2.40. The summed E-state index contributed by atoms with van der Waals surface area (Å²) in [5.41, 5.74) is -1.78. The van der Waals surface area contributed by atoms with E-state index in [0.29, 0.717) is 28.8 Å². The third kappa shape index (κ3) is 5.28. The number of carbonyl (C=O) groups excluding carboxylic acids is 2. The second-order valence-corrected chi connectivity index (χ2v) is 12.2. The first-order valence-electron chi connectivity index (χ1n) is 12.8. The molecule has 2 aromatic rings. The van der Waals surface area contributed by atoms with Crippen molar-refractivity contribution in [2.45, 2.75) is 62.7 Å². The van der Waals surface area contributed by atoms with Crippen LogP contribution in [0.1, 0.15) is 54.7 Å². The van der Waals surface area contributed by atoms with Gasteiger partial charge in [-0.2, -0.15) is 0 Å². The first-order chi connectivity index (χ1) is 17.0. The number of alkyl carbamates (subject to hydrolysis) is 1. The number of hydrogen-bond acceptors (Lipinski definition) is 7. The molecule has 2 aromatic heterocycles. The van der Waals surface area contributed by atoms with E-state index >= 15 is 0 Å². The molecule has 7 nitrogen and oxygen atoms in total. The molecule has 0 aromatic carbocycles. The van der Waals surface area contributed by atoms with Gasteiger partial charge in [-0.05, 0) is 35.7 Å². The molecule has 4 aliphatic rings. The number of quaternary nitrogens is 1. The van der Waals surface area contributed by atoms with Crippen LogP contribution in [0.25, 0.3) is 0 Å². The number of esters is 1. The maximum absolute atomic E-state index is 13.5. The molecular formula is C26H35N2O5S2+. The summed E-state index contributed by atoms with van der Waals surface area (Å²) in [5, 5.41) is 18.3. The van der Waals surface area contributed by atoms with Gasteiger partial charge in [0.25, 0.3) is 0 Å². The molecule has 3 saturated heterocycles. The van der Waals surface area contributed by atoms with Crippen LogP contribution in [0.15, 0.2) is 35.0 Å². The van der Waals surface area contributed by atoms with Crippen LogP contribution < -0.4 is 5.32 Å². The van der Waals surface area contributed by atoms with E-state index in [4.69, 9.17) is 9.47 Å². The highest BCUT2D eigenvalue weighted by Gasteiger charge is 2.51. The zero-order valence-electron chi connectivity index (χ0n) is 20.0. The van der Waals surface area contributed by atoms with Gasteiger partial charge in [-0.15, -0.1) is 22.7 Å². The molecule has 1 aliphatic carbocycles. The number of aliphatic hydroxyl groups is 1. The monoisotopic (exact) mass is 519 g/mol. The number of hydrogen-bond donors (Lipinski definition) is 2. The molecule has 3 aliphatic heterocycles. The second-order valence-electron chi connectivity index (χ2n) is 10.3. The number of nitrogens with zero attached hydrogens (tertiary/aromatic N) is 1. The van der Waals surface area contributed by atoms with E-state index < -0.39 is 11.6 Å². The Morgan fingerprint density at radius 3 is 2.29 bits per heavy atom. The maximum atomic E-state index is 13.5. The largest absolute Gasteiger partial charge is 0.453 e. The molecule has 1 saturated carbocycles. The number of fused-ring (bicyclic) bond motifs is 3. The van der Waals surface area contributed by atoms with Crippen LogP contribution in [0.2, 0.25) is 0 Å². The lowest BCUT2D eigenvalue weighted by atomic mass is 9.83. The van der Waals surface area contributed by atoms with Gasteiger partial charge in [0.1, 0.15) is 19.7 Å². The Bertz CT molecular complexity index is 945. The van der Waals surface area contributed by atoms with E-state index in [-0.39, 0.29) is 18.2 Å². The van der Waals surface area contributed by atoms with E-state index in [0.717, 1.165) is 49.8 Å². The SMILES string of the molecule is O=C(NC1CCCCC1)OCC[N+]12CCC(CC1)[C@@H](OC(=O)C(O)(c1cccs1)c1cccs1)C2. The number of thiophene rings is 2. The van der Waals surface area contributed by atoms with Gasteiger partial charge in [-0.25, -0.2) is 9.59 Å². The minimum Gasteiger partial charge on any atom is -0.453 e. The van der Waals surface area contributed by atoms with E-state index in [1.54, 1.807) is 12.1 Å². The number of piperidine rings is 3. The summed E-state index contributed by atoms with van der Waals surface area (Å²) < 4.78 is 12.4. The quantitative estimate of drug-likeness (QED) is 0.402. The van der Waals surface area contributed by atoms with Crippen molar-refractivity contribution in [3.63, 3.8) is 0 Å². The third-order valence-corrected chi connectivity index (χ3v) is 10.0. The summed E-state index contributed by atoms with van der Waals surface area (Å²) in [6.45, 7) is 3.80. The number of amides is 1. The molecule has 35 heavy (non-hydrogen) atoms. The van der Waals surface area contributed by atoms with Crippen LogP contribution in [0.4, 0.5) is 4.79 Å². The molecule has 9 heteroatoms. The Morgan fingerprint density at radius 2 is 1.69 bits per heavy atom. The van der Waals surface area contributed by atoms with Crippen LogP contribution >= 0.6 is 22.7 Å². The molecule has 190 valence electrons. The summed E-state index contributed by atoms with van der Waals surface area (Å²) in [6.07, 6.45) is 7.04. The minimum absolute atomic E-state index is 0.239. The van der Waals surface area contributed by atoms with Crippen LogP contribution in [-0.2, 0) is 19.9 Å². The Kier molecular flexibility index (Phi) is 7.48.